The van der Waals surface area contributed by atoms with Gasteiger partial charge in [-0.25, -0.2) is 4.98 Å². The second kappa shape index (κ2) is 6.98. The van der Waals surface area contributed by atoms with Gasteiger partial charge in [0.25, 0.3) is 5.91 Å². The lowest BCUT2D eigenvalue weighted by Gasteiger charge is -2.36. The van der Waals surface area contributed by atoms with E-state index in [1.54, 1.807) is 21.9 Å². The van der Waals surface area contributed by atoms with E-state index >= 15 is 0 Å². The first-order valence-corrected chi connectivity index (χ1v) is 10.3. The monoisotopic (exact) mass is 427 g/mol. The van der Waals surface area contributed by atoms with Crippen molar-refractivity contribution in [3.05, 3.63) is 87.5 Å². The maximum atomic E-state index is 13.4. The van der Waals surface area contributed by atoms with Crippen molar-refractivity contribution in [2.45, 2.75) is 18.6 Å². The number of nitrogens with zero attached hydrogens (tertiary/aromatic N) is 2. The minimum Gasteiger partial charge on any atom is -0.356 e. The van der Waals surface area contributed by atoms with Crippen molar-refractivity contribution in [2.75, 3.05) is 6.54 Å². The number of thiazole rings is 1. The van der Waals surface area contributed by atoms with Crippen molar-refractivity contribution >= 4 is 28.1 Å². The molecule has 0 aliphatic carbocycles. The summed E-state index contributed by atoms with van der Waals surface area (Å²) < 4.78 is 40.1. The fraction of sp³-hybridized carbons (Fsp3) is 0.182. The molecule has 4 aromatic rings. The molecule has 5 rings (SSSR count). The zero-order valence-electron chi connectivity index (χ0n) is 15.6. The number of alkyl halides is 3. The number of para-hydroxylation sites is 1. The highest BCUT2D eigenvalue weighted by Crippen LogP contribution is 2.40. The van der Waals surface area contributed by atoms with Gasteiger partial charge in [0.15, 0.2) is 0 Å². The lowest BCUT2D eigenvalue weighted by molar-refractivity contribution is -0.137. The van der Waals surface area contributed by atoms with E-state index in [9.17, 15) is 18.0 Å². The van der Waals surface area contributed by atoms with Gasteiger partial charge in [-0.1, -0.05) is 30.3 Å². The number of nitrogens with one attached hydrogen (secondary N) is 1. The molecule has 0 saturated heterocycles. The molecule has 1 aliphatic heterocycles. The maximum absolute atomic E-state index is 13.4. The summed E-state index contributed by atoms with van der Waals surface area (Å²) in [5.74, 6) is -0.289. The summed E-state index contributed by atoms with van der Waals surface area (Å²) in [6.07, 6.45) is -3.84. The van der Waals surface area contributed by atoms with Crippen LogP contribution in [0, 0.1) is 0 Å². The third-order valence-electron chi connectivity index (χ3n) is 5.48. The molecule has 1 atom stereocenters. The first kappa shape index (κ1) is 18.9. The number of carbonyl (C=O) groups is 1. The van der Waals surface area contributed by atoms with Gasteiger partial charge in [0, 0.05) is 28.5 Å². The number of rotatable bonds is 2. The van der Waals surface area contributed by atoms with Crippen LogP contribution in [-0.2, 0) is 12.6 Å². The van der Waals surface area contributed by atoms with Gasteiger partial charge in [0.2, 0.25) is 0 Å². The normalized spacial score (nSPS) is 16.6. The molecule has 30 heavy (non-hydrogen) atoms. The number of halogens is 3. The van der Waals surface area contributed by atoms with E-state index < -0.39 is 17.8 Å². The highest BCUT2D eigenvalue weighted by atomic mass is 32.1. The molecule has 0 spiro atoms. The Morgan fingerprint density at radius 3 is 2.77 bits per heavy atom. The van der Waals surface area contributed by atoms with Crippen molar-refractivity contribution in [2.24, 2.45) is 0 Å². The summed E-state index contributed by atoms with van der Waals surface area (Å²) >= 11 is 1.31. The molecule has 0 fully saturated rings. The average Bonchev–Trinajstić information content (AvgIpc) is 3.40. The van der Waals surface area contributed by atoms with Crippen LogP contribution < -0.4 is 0 Å². The van der Waals surface area contributed by atoms with E-state index in [1.807, 2.05) is 24.3 Å². The van der Waals surface area contributed by atoms with Crippen LogP contribution in [0.25, 0.3) is 10.9 Å². The summed E-state index contributed by atoms with van der Waals surface area (Å²) in [5.41, 5.74) is 4.26. The Hall–Kier alpha value is -3.13. The Morgan fingerprint density at radius 2 is 2.00 bits per heavy atom. The summed E-state index contributed by atoms with van der Waals surface area (Å²) in [7, 11) is 0. The first-order chi connectivity index (χ1) is 14.4. The third kappa shape index (κ3) is 3.08. The van der Waals surface area contributed by atoms with E-state index in [0.717, 1.165) is 34.3 Å². The van der Waals surface area contributed by atoms with Gasteiger partial charge in [-0.05, 0) is 35.7 Å². The molecule has 1 amide bonds. The topological polar surface area (TPSA) is 49.0 Å². The van der Waals surface area contributed by atoms with Crippen molar-refractivity contribution in [3.8, 4) is 0 Å². The highest BCUT2D eigenvalue weighted by Gasteiger charge is 2.37. The van der Waals surface area contributed by atoms with Crippen molar-refractivity contribution < 1.29 is 18.0 Å². The Labute approximate surface area is 174 Å². The fourth-order valence-corrected chi connectivity index (χ4v) is 4.68. The minimum absolute atomic E-state index is 0.289. The number of carbonyl (C=O) groups excluding carboxylic acids is 1. The van der Waals surface area contributed by atoms with Gasteiger partial charge in [-0.3, -0.25) is 4.79 Å². The zero-order chi connectivity index (χ0) is 20.9. The highest BCUT2D eigenvalue weighted by molar-refractivity contribution is 7.07. The number of hydrogen-bond donors (Lipinski definition) is 1. The van der Waals surface area contributed by atoms with Gasteiger partial charge < -0.3 is 9.88 Å². The SMILES string of the molecule is O=C(c1cscn1)N1CCc2c([nH]c3ccccc23)[C@@H]1c1cccc(C(F)(F)F)c1. The largest absolute Gasteiger partial charge is 0.416 e. The van der Waals surface area contributed by atoms with Crippen molar-refractivity contribution in [1.29, 1.82) is 0 Å². The number of aromatic amines is 1. The van der Waals surface area contributed by atoms with Crippen molar-refractivity contribution in [1.82, 2.24) is 14.9 Å². The first-order valence-electron chi connectivity index (χ1n) is 9.39. The van der Waals surface area contributed by atoms with Gasteiger partial charge in [-0.15, -0.1) is 11.3 Å². The van der Waals surface area contributed by atoms with Crippen LogP contribution in [-0.4, -0.2) is 27.3 Å². The van der Waals surface area contributed by atoms with Crippen LogP contribution in [0.1, 0.15) is 38.9 Å². The Kier molecular flexibility index (Phi) is 4.39. The number of hydrogen-bond acceptors (Lipinski definition) is 3. The zero-order valence-corrected chi connectivity index (χ0v) is 16.4. The molecule has 0 saturated carbocycles. The number of aromatic nitrogens is 2. The lowest BCUT2D eigenvalue weighted by atomic mass is 9.91. The molecule has 0 radical (unpaired) electrons. The standard InChI is InChI=1S/C22H16F3N3OS/c23-22(24,25)14-5-3-4-13(10-14)20-19-16(15-6-1-2-7-17(15)27-19)8-9-28(20)21(29)18-11-30-12-26-18/h1-7,10-12,20,27H,8-9H2/t20-/m0/s1. The molecule has 1 aliphatic rings. The predicted molar refractivity (Wildman–Crippen MR) is 108 cm³/mol. The number of H-pyrrole nitrogens is 1. The van der Waals surface area contributed by atoms with Crippen LogP contribution in [0.15, 0.2) is 59.4 Å². The van der Waals surface area contributed by atoms with E-state index in [1.165, 1.54) is 17.4 Å². The minimum atomic E-state index is -4.46. The molecule has 3 heterocycles. The van der Waals surface area contributed by atoms with Gasteiger partial charge in [0.05, 0.1) is 17.1 Å². The molecule has 4 nitrogen and oxygen atoms in total. The lowest BCUT2D eigenvalue weighted by Crippen LogP contribution is -2.40. The van der Waals surface area contributed by atoms with Crippen LogP contribution in [0.5, 0.6) is 0 Å². The predicted octanol–water partition coefficient (Wildman–Crippen LogP) is 5.43. The van der Waals surface area contributed by atoms with Crippen LogP contribution in [0.4, 0.5) is 13.2 Å². The van der Waals surface area contributed by atoms with Gasteiger partial charge in [0.1, 0.15) is 5.69 Å². The Balaban J connectivity index is 1.69. The fourth-order valence-electron chi connectivity index (χ4n) is 4.16. The molecule has 0 unspecified atom stereocenters. The molecular weight excluding hydrogens is 411 g/mol. The molecular formula is C22H16F3N3OS. The summed E-state index contributed by atoms with van der Waals surface area (Å²) in [4.78, 5) is 22.3. The molecule has 8 heteroatoms. The number of amides is 1. The van der Waals surface area contributed by atoms with E-state index in [0.29, 0.717) is 24.2 Å². The van der Waals surface area contributed by atoms with E-state index in [4.69, 9.17) is 0 Å². The number of fused-ring (bicyclic) bond motifs is 3. The van der Waals surface area contributed by atoms with Crippen LogP contribution in [0.3, 0.4) is 0 Å². The van der Waals surface area contributed by atoms with Gasteiger partial charge >= 0.3 is 6.18 Å². The molecule has 152 valence electrons. The summed E-state index contributed by atoms with van der Waals surface area (Å²) in [6, 6.07) is 12.3. The second-order valence-corrected chi connectivity index (χ2v) is 7.93. The average molecular weight is 427 g/mol. The molecule has 1 N–H and O–H groups in total. The van der Waals surface area contributed by atoms with Crippen molar-refractivity contribution in [3.63, 3.8) is 0 Å². The van der Waals surface area contributed by atoms with Crippen LogP contribution >= 0.6 is 11.3 Å². The summed E-state index contributed by atoms with van der Waals surface area (Å²) in [6.45, 7) is 0.395. The summed E-state index contributed by atoms with van der Waals surface area (Å²) in [5, 5.41) is 2.69. The van der Waals surface area contributed by atoms with E-state index in [2.05, 4.69) is 9.97 Å². The second-order valence-electron chi connectivity index (χ2n) is 7.21. The third-order valence-corrected chi connectivity index (χ3v) is 6.06. The van der Waals surface area contributed by atoms with Gasteiger partial charge in [-0.2, -0.15) is 13.2 Å². The smallest absolute Gasteiger partial charge is 0.356 e. The Bertz CT molecular complexity index is 1230. The Morgan fingerprint density at radius 1 is 1.17 bits per heavy atom. The van der Waals surface area contributed by atoms with Crippen LogP contribution in [0.2, 0.25) is 0 Å². The molecule has 2 aromatic carbocycles. The maximum Gasteiger partial charge on any atom is 0.416 e. The number of benzene rings is 2. The van der Waals surface area contributed by atoms with E-state index in [-0.39, 0.29) is 5.91 Å². The molecule has 2 aromatic heterocycles. The molecule has 0 bridgehead atoms. The quantitative estimate of drug-likeness (QED) is 0.464.